The van der Waals surface area contributed by atoms with Crippen LogP contribution in [-0.2, 0) is 13.4 Å². The van der Waals surface area contributed by atoms with Crippen molar-refractivity contribution < 1.29 is 41.7 Å². The van der Waals surface area contributed by atoms with Crippen LogP contribution in [0.15, 0.2) is 97.1 Å². The molecular weight excluding hydrogens is 662 g/mol. The summed E-state index contributed by atoms with van der Waals surface area (Å²) < 4.78 is 58.9. The maximum absolute atomic E-state index is 14.6. The molecule has 49 heavy (non-hydrogen) atoms. The van der Waals surface area contributed by atoms with Gasteiger partial charge in [0.1, 0.15) is 34.5 Å². The van der Waals surface area contributed by atoms with Crippen molar-refractivity contribution in [3.63, 3.8) is 0 Å². The molecule has 0 radical (unpaired) electrons. The average Bonchev–Trinajstić information content (AvgIpc) is 3.02. The van der Waals surface area contributed by atoms with Gasteiger partial charge in [0.15, 0.2) is 0 Å². The number of phenols is 2. The third kappa shape index (κ3) is 9.70. The van der Waals surface area contributed by atoms with Gasteiger partial charge in [-0.05, 0) is 136 Å². The van der Waals surface area contributed by atoms with Crippen LogP contribution in [0.1, 0.15) is 44.5 Å². The lowest BCUT2D eigenvalue weighted by molar-refractivity contribution is 0.241. The van der Waals surface area contributed by atoms with Crippen molar-refractivity contribution in [2.45, 2.75) is 55.4 Å². The van der Waals surface area contributed by atoms with Gasteiger partial charge in [-0.25, -0.2) is 9.13 Å². The quantitative estimate of drug-likeness (QED) is 0.137. The topological polar surface area (TPSA) is 121 Å². The normalized spacial score (nSPS) is 11.3. The fourth-order valence-electron chi connectivity index (χ4n) is 4.49. The molecule has 258 valence electrons. The maximum atomic E-state index is 14.6. The maximum Gasteiger partial charge on any atom is 0.598 e. The minimum absolute atomic E-state index is 0.0880. The van der Waals surface area contributed by atoms with Crippen molar-refractivity contribution in [2.75, 3.05) is 0 Å². The first kappa shape index (κ1) is 37.1. The second kappa shape index (κ2) is 15.7. The molecule has 0 aliphatic heterocycles. The van der Waals surface area contributed by atoms with E-state index in [4.69, 9.17) is 32.6 Å². The zero-order valence-corrected chi connectivity index (χ0v) is 30.7. The van der Waals surface area contributed by atoms with Gasteiger partial charge in [0.25, 0.3) is 0 Å². The Morgan fingerprint density at radius 1 is 0.408 bits per heavy atom. The van der Waals surface area contributed by atoms with Crippen LogP contribution in [0.5, 0.6) is 34.5 Å². The summed E-state index contributed by atoms with van der Waals surface area (Å²) in [5, 5.41) is 17.3. The Labute approximate surface area is 288 Å². The van der Waals surface area contributed by atoms with Crippen LogP contribution in [0.4, 0.5) is 0 Å². The molecule has 5 rings (SSSR count). The van der Waals surface area contributed by atoms with Crippen LogP contribution < -0.4 is 18.1 Å². The number of aromatic hydroxyl groups is 2. The van der Waals surface area contributed by atoms with E-state index in [1.54, 1.807) is 54.6 Å². The molecule has 0 aliphatic carbocycles. The number of phosphoric ester groups is 2. The molecule has 0 aromatic heterocycles. The van der Waals surface area contributed by atoms with E-state index in [1.165, 1.54) is 18.2 Å². The van der Waals surface area contributed by atoms with Crippen molar-refractivity contribution >= 4 is 15.6 Å². The fraction of sp³-hybridized carbons (Fsp3) is 0.211. The van der Waals surface area contributed by atoms with E-state index in [9.17, 15) is 9.13 Å². The van der Waals surface area contributed by atoms with E-state index < -0.39 is 15.6 Å². The Kier molecular flexibility index (Phi) is 11.9. The van der Waals surface area contributed by atoms with Gasteiger partial charge in [-0.1, -0.05) is 54.6 Å². The van der Waals surface area contributed by atoms with Crippen molar-refractivity contribution in [3.8, 4) is 34.5 Å². The molecule has 0 spiro atoms. The summed E-state index contributed by atoms with van der Waals surface area (Å²) in [4.78, 5) is 0. The molecule has 0 amide bonds. The van der Waals surface area contributed by atoms with Crippen LogP contribution in [0.3, 0.4) is 0 Å². The minimum Gasteiger partial charge on any atom is -0.508 e. The van der Waals surface area contributed by atoms with Crippen molar-refractivity contribution in [1.82, 2.24) is 0 Å². The van der Waals surface area contributed by atoms with Crippen molar-refractivity contribution in [2.24, 2.45) is 0 Å². The van der Waals surface area contributed by atoms with Gasteiger partial charge in [0.05, 0.1) is 0 Å². The molecule has 0 bridgehead atoms. The highest BCUT2D eigenvalue weighted by molar-refractivity contribution is 7.63. The predicted molar refractivity (Wildman–Crippen MR) is 192 cm³/mol. The third-order valence-corrected chi connectivity index (χ3v) is 11.4. The molecule has 5 aromatic carbocycles. The molecule has 5 aromatic rings. The summed E-state index contributed by atoms with van der Waals surface area (Å²) in [6.45, 7) is 14.9. The Morgan fingerprint density at radius 2 is 0.653 bits per heavy atom. The van der Waals surface area contributed by atoms with Gasteiger partial charge < -0.3 is 28.3 Å². The average molecular weight is 705 g/mol. The second-order valence-electron chi connectivity index (χ2n) is 11.7. The van der Waals surface area contributed by atoms with Gasteiger partial charge in [-0.3, -0.25) is 0 Å². The van der Waals surface area contributed by atoms with Gasteiger partial charge in [0.2, 0.25) is 0 Å². The highest BCUT2D eigenvalue weighted by Gasteiger charge is 2.47. The summed E-state index contributed by atoms with van der Waals surface area (Å²) in [5.41, 5.74) is 6.51. The molecule has 0 fully saturated rings. The van der Waals surface area contributed by atoms with Crippen LogP contribution in [0.25, 0.3) is 0 Å². The first-order valence-electron chi connectivity index (χ1n) is 15.5. The van der Waals surface area contributed by atoms with Crippen molar-refractivity contribution in [3.05, 3.63) is 142 Å². The number of rotatable bonds is 10. The van der Waals surface area contributed by atoms with Gasteiger partial charge in [-0.15, -0.1) is 4.31 Å². The van der Waals surface area contributed by atoms with Gasteiger partial charge >= 0.3 is 15.6 Å². The SMILES string of the molecule is Cc1cccc(OP(=O)(Oc2cccc(C)c2C)OP(=O)(Oc2cccc(C)c2C)Oc2cccc(C)c2C)c1C.Oc1cccc(O)c1. The molecule has 9 nitrogen and oxygen atoms in total. The number of benzene rings is 5. The molecule has 2 N–H and O–H groups in total. The van der Waals surface area contributed by atoms with E-state index in [-0.39, 0.29) is 34.5 Å². The van der Waals surface area contributed by atoms with E-state index in [0.29, 0.717) is 0 Å². The second-order valence-corrected chi connectivity index (χ2v) is 14.8. The van der Waals surface area contributed by atoms with E-state index in [1.807, 2.05) is 79.7 Å². The predicted octanol–water partition coefficient (Wildman–Crippen LogP) is 11.1. The molecule has 0 saturated carbocycles. The Balaban J connectivity index is 0.000000592. The van der Waals surface area contributed by atoms with E-state index in [0.717, 1.165) is 44.5 Å². The molecule has 0 unspecified atom stereocenters. The van der Waals surface area contributed by atoms with Gasteiger partial charge in [0, 0.05) is 6.07 Å². The van der Waals surface area contributed by atoms with Crippen LogP contribution in [0, 0.1) is 55.4 Å². The number of phenolic OH excluding ortho intramolecular Hbond substituents is 2. The molecular formula is C38H42O9P2. The van der Waals surface area contributed by atoms with Crippen LogP contribution in [0.2, 0.25) is 0 Å². The summed E-state index contributed by atoms with van der Waals surface area (Å²) in [6, 6.07) is 27.1. The molecule has 0 heterocycles. The smallest absolute Gasteiger partial charge is 0.508 e. The Bertz CT molecular complexity index is 1790. The monoisotopic (exact) mass is 704 g/mol. The highest BCUT2D eigenvalue weighted by Crippen LogP contribution is 2.65. The number of hydrogen-bond acceptors (Lipinski definition) is 9. The molecule has 0 saturated heterocycles. The summed E-state index contributed by atoms with van der Waals surface area (Å²) in [5.74, 6) is 1.19. The van der Waals surface area contributed by atoms with E-state index in [2.05, 4.69) is 0 Å². The zero-order valence-electron chi connectivity index (χ0n) is 28.9. The number of phosphoric acid groups is 2. The lowest BCUT2D eigenvalue weighted by Crippen LogP contribution is -2.12. The number of aryl methyl sites for hydroxylation is 4. The molecule has 0 atom stereocenters. The first-order chi connectivity index (χ1) is 23.1. The third-order valence-electron chi connectivity index (χ3n) is 8.09. The fourth-order valence-corrected chi connectivity index (χ4v) is 7.84. The standard InChI is InChI=1S/C32H36O7P2.C6H6O2/c1-21-13-9-17-29(25(21)5)35-40(33,36-30-18-10-14-22(2)26(30)6)39-41(34,37-31-19-11-15-23(3)27(31)7)38-32-20-12-16-24(4)28(32)8;7-5-2-1-3-6(8)4-5/h9-20H,1-8H3;1-4,7-8H. The largest absolute Gasteiger partial charge is 0.598 e. The molecule has 11 heteroatoms. The molecule has 0 aliphatic rings. The van der Waals surface area contributed by atoms with E-state index >= 15 is 0 Å². The van der Waals surface area contributed by atoms with Crippen LogP contribution in [-0.4, -0.2) is 10.2 Å². The zero-order chi connectivity index (χ0) is 35.9. The summed E-state index contributed by atoms with van der Waals surface area (Å²) >= 11 is 0. The lowest BCUT2D eigenvalue weighted by Gasteiger charge is -2.26. The van der Waals surface area contributed by atoms with Crippen molar-refractivity contribution in [1.29, 1.82) is 0 Å². The Morgan fingerprint density at radius 3 is 0.878 bits per heavy atom. The number of hydrogen-bond donors (Lipinski definition) is 2. The lowest BCUT2D eigenvalue weighted by atomic mass is 10.1. The first-order valence-corrected chi connectivity index (χ1v) is 18.4. The minimum atomic E-state index is -4.72. The van der Waals surface area contributed by atoms with Gasteiger partial charge in [-0.2, -0.15) is 0 Å². The van der Waals surface area contributed by atoms with Crippen LogP contribution >= 0.6 is 15.6 Å². The summed E-state index contributed by atoms with van der Waals surface area (Å²) in [7, 11) is -9.44. The Hall–Kier alpha value is -4.68. The summed E-state index contributed by atoms with van der Waals surface area (Å²) in [6.07, 6.45) is 0. The highest BCUT2D eigenvalue weighted by atomic mass is 31.3.